The molecule has 2 nitrogen and oxygen atoms in total. The van der Waals surface area contributed by atoms with Crippen molar-refractivity contribution in [3.8, 4) is 33.4 Å². The van der Waals surface area contributed by atoms with E-state index in [-0.39, 0.29) is 0 Å². The molecule has 0 N–H and O–H groups in total. The van der Waals surface area contributed by atoms with E-state index in [2.05, 4.69) is 181 Å². The fourth-order valence-corrected chi connectivity index (χ4v) is 6.86. The average molecular weight is 614 g/mol. The lowest BCUT2D eigenvalue weighted by Crippen LogP contribution is -2.09. The number of para-hydroxylation sites is 1. The van der Waals surface area contributed by atoms with Gasteiger partial charge in [0.1, 0.15) is 11.2 Å². The average Bonchev–Trinajstić information content (AvgIpc) is 3.54. The van der Waals surface area contributed by atoms with Crippen molar-refractivity contribution in [1.29, 1.82) is 0 Å². The Morgan fingerprint density at radius 3 is 1.60 bits per heavy atom. The Kier molecular flexibility index (Phi) is 6.84. The van der Waals surface area contributed by atoms with Crippen molar-refractivity contribution < 1.29 is 4.42 Å². The number of hydrogen-bond donors (Lipinski definition) is 0. The minimum Gasteiger partial charge on any atom is -0.456 e. The molecule has 226 valence electrons. The van der Waals surface area contributed by atoms with Gasteiger partial charge < -0.3 is 9.32 Å². The molecule has 0 radical (unpaired) electrons. The van der Waals surface area contributed by atoms with E-state index in [1.54, 1.807) is 0 Å². The van der Waals surface area contributed by atoms with Crippen LogP contribution >= 0.6 is 0 Å². The first kappa shape index (κ1) is 27.9. The molecular formula is C46H31NO. The summed E-state index contributed by atoms with van der Waals surface area (Å²) in [7, 11) is 0. The van der Waals surface area contributed by atoms with Gasteiger partial charge in [-0.05, 0) is 92.7 Å². The van der Waals surface area contributed by atoms with Gasteiger partial charge in [-0.2, -0.15) is 0 Å². The Bertz CT molecular complexity index is 2530. The largest absolute Gasteiger partial charge is 0.456 e. The number of furan rings is 1. The first-order valence-electron chi connectivity index (χ1n) is 16.3. The van der Waals surface area contributed by atoms with Crippen LogP contribution in [0.15, 0.2) is 192 Å². The fourth-order valence-electron chi connectivity index (χ4n) is 6.86. The van der Waals surface area contributed by atoms with Gasteiger partial charge in [-0.15, -0.1) is 0 Å². The van der Waals surface area contributed by atoms with Gasteiger partial charge in [0.05, 0.1) is 0 Å². The van der Waals surface area contributed by atoms with E-state index in [0.717, 1.165) is 39.0 Å². The van der Waals surface area contributed by atoms with Crippen LogP contribution in [0.1, 0.15) is 0 Å². The van der Waals surface area contributed by atoms with Gasteiger partial charge in [0.15, 0.2) is 0 Å². The predicted molar refractivity (Wildman–Crippen MR) is 202 cm³/mol. The molecule has 0 spiro atoms. The van der Waals surface area contributed by atoms with E-state index >= 15 is 0 Å². The molecule has 0 aliphatic heterocycles. The highest BCUT2D eigenvalue weighted by molar-refractivity contribution is 6.06. The van der Waals surface area contributed by atoms with Crippen LogP contribution in [-0.4, -0.2) is 0 Å². The standard InChI is InChI=1S/C46H31NO/c1-3-10-32(11-4-1)33-20-24-38(25-21-33)47(40-28-29-43-42-15-7-8-17-45(42)48-46(43)31-40)39-26-22-34(23-27-39)37-19-18-36-14-9-16-41(44(36)30-37)35-12-5-2-6-13-35/h1-31H. The van der Waals surface area contributed by atoms with E-state index < -0.39 is 0 Å². The first-order valence-corrected chi connectivity index (χ1v) is 16.3. The van der Waals surface area contributed by atoms with Crippen molar-refractivity contribution in [2.45, 2.75) is 0 Å². The maximum Gasteiger partial charge on any atom is 0.137 e. The third-order valence-corrected chi connectivity index (χ3v) is 9.28. The molecule has 0 fully saturated rings. The van der Waals surface area contributed by atoms with Crippen molar-refractivity contribution in [3.63, 3.8) is 0 Å². The topological polar surface area (TPSA) is 16.4 Å². The molecule has 2 heteroatoms. The van der Waals surface area contributed by atoms with Gasteiger partial charge in [-0.1, -0.05) is 133 Å². The lowest BCUT2D eigenvalue weighted by atomic mass is 9.95. The monoisotopic (exact) mass is 613 g/mol. The number of hydrogen-bond acceptors (Lipinski definition) is 2. The van der Waals surface area contributed by atoms with Gasteiger partial charge in [-0.3, -0.25) is 0 Å². The highest BCUT2D eigenvalue weighted by Crippen LogP contribution is 2.40. The summed E-state index contributed by atoms with van der Waals surface area (Å²) in [6, 6.07) is 66.9. The number of anilines is 3. The molecule has 0 aliphatic rings. The van der Waals surface area contributed by atoms with Crippen molar-refractivity contribution in [1.82, 2.24) is 0 Å². The predicted octanol–water partition coefficient (Wildman–Crippen LogP) is 13.2. The van der Waals surface area contributed by atoms with Crippen LogP contribution in [0.3, 0.4) is 0 Å². The summed E-state index contributed by atoms with van der Waals surface area (Å²) in [6.45, 7) is 0. The van der Waals surface area contributed by atoms with Crippen LogP contribution in [0.25, 0.3) is 66.1 Å². The van der Waals surface area contributed by atoms with E-state index in [0.29, 0.717) is 0 Å². The zero-order valence-corrected chi connectivity index (χ0v) is 26.3. The molecule has 0 atom stereocenters. The fraction of sp³-hybridized carbons (Fsp3) is 0. The highest BCUT2D eigenvalue weighted by atomic mass is 16.3. The molecule has 1 heterocycles. The lowest BCUT2D eigenvalue weighted by molar-refractivity contribution is 0.669. The summed E-state index contributed by atoms with van der Waals surface area (Å²) < 4.78 is 6.32. The third-order valence-electron chi connectivity index (χ3n) is 9.28. The second-order valence-corrected chi connectivity index (χ2v) is 12.2. The quantitative estimate of drug-likeness (QED) is 0.185. The maximum atomic E-state index is 6.32. The van der Waals surface area contributed by atoms with Crippen LogP contribution in [0.5, 0.6) is 0 Å². The smallest absolute Gasteiger partial charge is 0.137 e. The summed E-state index contributed by atoms with van der Waals surface area (Å²) >= 11 is 0. The van der Waals surface area contributed by atoms with E-state index in [1.807, 2.05) is 12.1 Å². The van der Waals surface area contributed by atoms with Gasteiger partial charge in [0.2, 0.25) is 0 Å². The zero-order valence-electron chi connectivity index (χ0n) is 26.3. The summed E-state index contributed by atoms with van der Waals surface area (Å²) in [6.07, 6.45) is 0. The minimum absolute atomic E-state index is 0.876. The molecule has 0 aliphatic carbocycles. The normalized spacial score (nSPS) is 11.3. The Balaban J connectivity index is 1.13. The molecule has 9 aromatic rings. The molecule has 0 saturated carbocycles. The van der Waals surface area contributed by atoms with Crippen molar-refractivity contribution in [2.24, 2.45) is 0 Å². The van der Waals surface area contributed by atoms with Gasteiger partial charge in [0, 0.05) is 33.9 Å². The lowest BCUT2D eigenvalue weighted by Gasteiger charge is -2.26. The van der Waals surface area contributed by atoms with Crippen molar-refractivity contribution >= 4 is 49.8 Å². The molecule has 48 heavy (non-hydrogen) atoms. The maximum absolute atomic E-state index is 6.32. The van der Waals surface area contributed by atoms with Gasteiger partial charge in [-0.25, -0.2) is 0 Å². The SMILES string of the molecule is c1ccc(-c2ccc(N(c3ccc(-c4ccc5cccc(-c6ccccc6)c5c4)cc3)c3ccc4c(c3)oc3ccccc34)cc2)cc1. The zero-order chi connectivity index (χ0) is 31.9. The Labute approximate surface area is 279 Å². The van der Waals surface area contributed by atoms with Crippen LogP contribution in [0.4, 0.5) is 17.1 Å². The molecule has 1 aromatic heterocycles. The van der Waals surface area contributed by atoms with Gasteiger partial charge >= 0.3 is 0 Å². The summed E-state index contributed by atoms with van der Waals surface area (Å²) in [5.41, 5.74) is 12.2. The van der Waals surface area contributed by atoms with Crippen molar-refractivity contribution in [3.05, 3.63) is 188 Å². The highest BCUT2D eigenvalue weighted by Gasteiger charge is 2.16. The van der Waals surface area contributed by atoms with Crippen LogP contribution in [-0.2, 0) is 0 Å². The molecule has 8 aromatic carbocycles. The van der Waals surface area contributed by atoms with E-state index in [1.165, 1.54) is 44.2 Å². The Morgan fingerprint density at radius 2 is 0.875 bits per heavy atom. The molecule has 0 saturated heterocycles. The van der Waals surface area contributed by atoms with Gasteiger partial charge in [0.25, 0.3) is 0 Å². The van der Waals surface area contributed by atoms with E-state index in [4.69, 9.17) is 4.42 Å². The Hall–Kier alpha value is -6.38. The summed E-state index contributed by atoms with van der Waals surface area (Å²) in [5.74, 6) is 0. The number of nitrogens with zero attached hydrogens (tertiary/aromatic N) is 1. The summed E-state index contributed by atoms with van der Waals surface area (Å²) in [5, 5.41) is 4.75. The number of rotatable bonds is 6. The second-order valence-electron chi connectivity index (χ2n) is 12.2. The number of benzene rings is 8. The van der Waals surface area contributed by atoms with Crippen LogP contribution < -0.4 is 4.90 Å². The molecule has 0 unspecified atom stereocenters. The third kappa shape index (κ3) is 5.01. The van der Waals surface area contributed by atoms with Crippen LogP contribution in [0, 0.1) is 0 Å². The molecule has 0 amide bonds. The Morgan fingerprint density at radius 1 is 0.312 bits per heavy atom. The summed E-state index contributed by atoms with van der Waals surface area (Å²) in [4.78, 5) is 2.30. The van der Waals surface area contributed by atoms with E-state index in [9.17, 15) is 0 Å². The minimum atomic E-state index is 0.876. The van der Waals surface area contributed by atoms with Crippen LogP contribution in [0.2, 0.25) is 0 Å². The molecule has 9 rings (SSSR count). The number of fused-ring (bicyclic) bond motifs is 4. The second kappa shape index (κ2) is 11.8. The van der Waals surface area contributed by atoms with Crippen molar-refractivity contribution in [2.75, 3.05) is 4.90 Å². The first-order chi connectivity index (χ1) is 23.8. The molecule has 0 bridgehead atoms. The molecular weight excluding hydrogens is 583 g/mol.